The first-order valence-corrected chi connectivity index (χ1v) is 14.1. The Bertz CT molecular complexity index is 984. The maximum atomic E-state index is 4.88. The lowest BCUT2D eigenvalue weighted by Crippen LogP contribution is -2.33. The summed E-state index contributed by atoms with van der Waals surface area (Å²) in [7, 11) is 0. The first kappa shape index (κ1) is 29.7. The standard InChI is InChI=1S/C31H45N3.C2H6/c1-22(2)18-33(19-23(3)4)28-15-27(31-30-12-10-9-11-26(30)13-14-32-31)16-29(17-28)34(20-24(5)6)21-25(7)8;1-2/h9-17,22-25H,18-21H2,1-8H3;1-2H3. The normalized spacial score (nSPS) is 11.4. The van der Waals surface area contributed by atoms with Crippen LogP contribution >= 0.6 is 0 Å². The fourth-order valence-electron chi connectivity index (χ4n) is 4.78. The molecule has 3 aromatic rings. The molecule has 0 aliphatic carbocycles. The number of benzene rings is 2. The third-order valence-electron chi connectivity index (χ3n) is 5.92. The van der Waals surface area contributed by atoms with Gasteiger partial charge in [0.15, 0.2) is 0 Å². The van der Waals surface area contributed by atoms with Crippen LogP contribution in [0.4, 0.5) is 11.4 Å². The third-order valence-corrected chi connectivity index (χ3v) is 5.92. The van der Waals surface area contributed by atoms with Crippen molar-refractivity contribution in [3.63, 3.8) is 0 Å². The Hall–Kier alpha value is -2.55. The van der Waals surface area contributed by atoms with Crippen LogP contribution in [0.2, 0.25) is 0 Å². The molecule has 0 amide bonds. The van der Waals surface area contributed by atoms with E-state index in [2.05, 4.69) is 114 Å². The molecule has 0 fully saturated rings. The van der Waals surface area contributed by atoms with E-state index in [0.717, 1.165) is 31.9 Å². The molecule has 1 aromatic heterocycles. The largest absolute Gasteiger partial charge is 0.371 e. The highest BCUT2D eigenvalue weighted by atomic mass is 15.2. The molecule has 0 bridgehead atoms. The van der Waals surface area contributed by atoms with Crippen molar-refractivity contribution in [2.24, 2.45) is 23.7 Å². The molecule has 0 saturated carbocycles. The van der Waals surface area contributed by atoms with Gasteiger partial charge in [-0.1, -0.05) is 93.5 Å². The van der Waals surface area contributed by atoms with Gasteiger partial charge < -0.3 is 9.80 Å². The van der Waals surface area contributed by atoms with Crippen LogP contribution in [-0.4, -0.2) is 31.2 Å². The lowest BCUT2D eigenvalue weighted by Gasteiger charge is -2.33. The molecular weight excluding hydrogens is 438 g/mol. The van der Waals surface area contributed by atoms with Gasteiger partial charge in [-0.3, -0.25) is 4.98 Å². The van der Waals surface area contributed by atoms with Gasteiger partial charge in [0.1, 0.15) is 0 Å². The first-order chi connectivity index (χ1) is 17.1. The van der Waals surface area contributed by atoms with E-state index in [1.165, 1.54) is 27.7 Å². The maximum absolute atomic E-state index is 4.88. The van der Waals surface area contributed by atoms with Crippen molar-refractivity contribution in [2.75, 3.05) is 36.0 Å². The van der Waals surface area contributed by atoms with E-state index in [9.17, 15) is 0 Å². The Morgan fingerprint density at radius 2 is 1.06 bits per heavy atom. The molecule has 0 N–H and O–H groups in total. The van der Waals surface area contributed by atoms with Crippen LogP contribution in [0.1, 0.15) is 69.2 Å². The van der Waals surface area contributed by atoms with E-state index in [4.69, 9.17) is 4.98 Å². The van der Waals surface area contributed by atoms with Gasteiger partial charge in [0.25, 0.3) is 0 Å². The van der Waals surface area contributed by atoms with E-state index in [1.807, 2.05) is 20.0 Å². The smallest absolute Gasteiger partial charge is 0.0781 e. The van der Waals surface area contributed by atoms with Gasteiger partial charge >= 0.3 is 0 Å². The molecule has 3 nitrogen and oxygen atoms in total. The van der Waals surface area contributed by atoms with Gasteiger partial charge in [-0.2, -0.15) is 0 Å². The van der Waals surface area contributed by atoms with Crippen molar-refractivity contribution < 1.29 is 0 Å². The molecule has 0 spiro atoms. The zero-order valence-electron chi connectivity index (χ0n) is 24.7. The maximum Gasteiger partial charge on any atom is 0.0781 e. The fraction of sp³-hybridized carbons (Fsp3) is 0.545. The number of hydrogen-bond donors (Lipinski definition) is 0. The minimum atomic E-state index is 0.601. The van der Waals surface area contributed by atoms with E-state index in [-0.39, 0.29) is 0 Å². The molecule has 0 unspecified atom stereocenters. The number of fused-ring (bicyclic) bond motifs is 1. The molecule has 3 rings (SSSR count). The average molecular weight is 490 g/mol. The molecule has 3 heteroatoms. The highest BCUT2D eigenvalue weighted by molar-refractivity contribution is 5.95. The number of rotatable bonds is 11. The van der Waals surface area contributed by atoms with E-state index in [1.54, 1.807) is 0 Å². The Morgan fingerprint density at radius 1 is 0.611 bits per heavy atom. The topological polar surface area (TPSA) is 19.4 Å². The van der Waals surface area contributed by atoms with Crippen LogP contribution in [0.3, 0.4) is 0 Å². The van der Waals surface area contributed by atoms with E-state index < -0.39 is 0 Å². The van der Waals surface area contributed by atoms with Crippen molar-refractivity contribution in [2.45, 2.75) is 69.2 Å². The highest BCUT2D eigenvalue weighted by Gasteiger charge is 2.18. The van der Waals surface area contributed by atoms with Crippen molar-refractivity contribution in [1.82, 2.24) is 4.98 Å². The third kappa shape index (κ3) is 8.54. The predicted octanol–water partition coefficient (Wildman–Crippen LogP) is 9.16. The van der Waals surface area contributed by atoms with Gasteiger partial charge in [0, 0.05) is 54.7 Å². The minimum Gasteiger partial charge on any atom is -0.371 e. The second kappa shape index (κ2) is 14.3. The van der Waals surface area contributed by atoms with Gasteiger partial charge in [-0.05, 0) is 53.3 Å². The minimum absolute atomic E-state index is 0.601. The SMILES string of the molecule is CC.CC(C)CN(CC(C)C)c1cc(-c2nccc3ccccc23)cc(N(CC(C)C)CC(C)C)c1. The van der Waals surface area contributed by atoms with E-state index in [0.29, 0.717) is 23.7 Å². The zero-order valence-corrected chi connectivity index (χ0v) is 24.7. The van der Waals surface area contributed by atoms with Gasteiger partial charge in [0.2, 0.25) is 0 Å². The van der Waals surface area contributed by atoms with Crippen LogP contribution < -0.4 is 9.80 Å². The molecule has 0 aliphatic rings. The summed E-state index contributed by atoms with van der Waals surface area (Å²) in [4.78, 5) is 10.0. The van der Waals surface area contributed by atoms with Crippen LogP contribution in [0.25, 0.3) is 22.0 Å². The van der Waals surface area contributed by atoms with Crippen molar-refractivity contribution >= 4 is 22.1 Å². The van der Waals surface area contributed by atoms with Crippen molar-refractivity contribution in [3.8, 4) is 11.3 Å². The lowest BCUT2D eigenvalue weighted by molar-refractivity contribution is 0.549. The summed E-state index contributed by atoms with van der Waals surface area (Å²) in [5, 5.41) is 2.45. The number of pyridine rings is 1. The molecule has 198 valence electrons. The van der Waals surface area contributed by atoms with Gasteiger partial charge in [-0.25, -0.2) is 0 Å². The second-order valence-corrected chi connectivity index (χ2v) is 11.5. The van der Waals surface area contributed by atoms with Crippen LogP contribution in [0, 0.1) is 23.7 Å². The first-order valence-electron chi connectivity index (χ1n) is 14.1. The summed E-state index contributed by atoms with van der Waals surface area (Å²) in [5.74, 6) is 2.40. The lowest BCUT2D eigenvalue weighted by atomic mass is 10.0. The molecule has 36 heavy (non-hydrogen) atoms. The number of nitrogens with zero attached hydrogens (tertiary/aromatic N) is 3. The van der Waals surface area contributed by atoms with E-state index >= 15 is 0 Å². The molecule has 0 atom stereocenters. The summed E-state index contributed by atoms with van der Waals surface area (Å²) >= 11 is 0. The van der Waals surface area contributed by atoms with Gasteiger partial charge in [0.05, 0.1) is 5.69 Å². The van der Waals surface area contributed by atoms with Crippen LogP contribution in [0.5, 0.6) is 0 Å². The Morgan fingerprint density at radius 3 is 1.50 bits per heavy atom. The molecule has 0 saturated heterocycles. The Kier molecular flexibility index (Phi) is 11.8. The number of hydrogen-bond acceptors (Lipinski definition) is 3. The fourth-order valence-corrected chi connectivity index (χ4v) is 4.78. The van der Waals surface area contributed by atoms with Gasteiger partial charge in [-0.15, -0.1) is 0 Å². The summed E-state index contributed by atoms with van der Waals surface area (Å²) in [6, 6.07) is 17.9. The Balaban J connectivity index is 0.00000222. The molecule has 0 aliphatic heterocycles. The monoisotopic (exact) mass is 489 g/mol. The van der Waals surface area contributed by atoms with Crippen molar-refractivity contribution in [1.29, 1.82) is 0 Å². The molecular formula is C33H51N3. The Labute approximate surface area is 221 Å². The van der Waals surface area contributed by atoms with Crippen LogP contribution in [0.15, 0.2) is 54.7 Å². The summed E-state index contributed by atoms with van der Waals surface area (Å²) < 4.78 is 0. The average Bonchev–Trinajstić information content (AvgIpc) is 2.82. The quantitative estimate of drug-likeness (QED) is 0.268. The highest BCUT2D eigenvalue weighted by Crippen LogP contribution is 2.35. The number of aromatic nitrogens is 1. The van der Waals surface area contributed by atoms with Crippen LogP contribution in [-0.2, 0) is 0 Å². The summed E-state index contributed by atoms with van der Waals surface area (Å²) in [5.41, 5.74) is 4.90. The summed E-state index contributed by atoms with van der Waals surface area (Å²) in [6.45, 7) is 26.7. The molecule has 2 aromatic carbocycles. The zero-order chi connectivity index (χ0) is 26.8. The predicted molar refractivity (Wildman–Crippen MR) is 162 cm³/mol. The van der Waals surface area contributed by atoms with Crippen molar-refractivity contribution in [3.05, 3.63) is 54.7 Å². The summed E-state index contributed by atoms with van der Waals surface area (Å²) in [6.07, 6.45) is 1.95. The molecule has 1 heterocycles. The molecule has 0 radical (unpaired) electrons. The second-order valence-electron chi connectivity index (χ2n) is 11.5. The number of anilines is 2.